The quantitative estimate of drug-likeness (QED) is 0.800. The number of alkyl halides is 3. The van der Waals surface area contributed by atoms with Crippen molar-refractivity contribution in [1.29, 1.82) is 0 Å². The van der Waals surface area contributed by atoms with Crippen molar-refractivity contribution in [2.75, 3.05) is 0 Å². The molecule has 0 amide bonds. The molecule has 1 aromatic carbocycles. The summed E-state index contributed by atoms with van der Waals surface area (Å²) in [7, 11) is 0. The maximum absolute atomic E-state index is 12.6. The largest absolute Gasteiger partial charge is 0.481 e. The monoisotopic (exact) mass is 347 g/mol. The van der Waals surface area contributed by atoms with Crippen LogP contribution in [0, 0.1) is 0 Å². The molecule has 1 rings (SSSR count). The summed E-state index contributed by atoms with van der Waals surface area (Å²) in [5.41, 5.74) is 4.25. The Balaban J connectivity index is 3.17. The van der Waals surface area contributed by atoms with Gasteiger partial charge < -0.3 is 15.6 Å². The van der Waals surface area contributed by atoms with E-state index >= 15 is 0 Å². The summed E-state index contributed by atoms with van der Waals surface area (Å²) in [5, 5.41) is 8.86. The number of carbonyl (C=O) groups is 2. The first-order valence-electron chi connectivity index (χ1n) is 7.18. The number of benzene rings is 1. The number of nitrogens with two attached hydrogens (primary N) is 1. The van der Waals surface area contributed by atoms with Gasteiger partial charge in [-0.2, -0.15) is 13.2 Å². The average Bonchev–Trinajstić information content (AvgIpc) is 2.35. The summed E-state index contributed by atoms with van der Waals surface area (Å²) in [5.74, 6) is -3.18. The number of aliphatic carboxylic acids is 1. The van der Waals surface area contributed by atoms with Crippen LogP contribution in [0.15, 0.2) is 24.3 Å². The van der Waals surface area contributed by atoms with Crippen molar-refractivity contribution in [3.05, 3.63) is 35.4 Å². The predicted octanol–water partition coefficient (Wildman–Crippen LogP) is 2.93. The Kier molecular flexibility index (Phi) is 5.99. The molecule has 0 aliphatic carbocycles. The zero-order valence-corrected chi connectivity index (χ0v) is 13.6. The molecule has 8 heteroatoms. The van der Waals surface area contributed by atoms with E-state index in [1.807, 2.05) is 0 Å². The van der Waals surface area contributed by atoms with E-state index in [-0.39, 0.29) is 5.56 Å². The van der Waals surface area contributed by atoms with Gasteiger partial charge in [-0.3, -0.25) is 9.59 Å². The second-order valence-electron chi connectivity index (χ2n) is 6.39. The van der Waals surface area contributed by atoms with Crippen molar-refractivity contribution in [3.8, 4) is 0 Å². The molecule has 0 fully saturated rings. The van der Waals surface area contributed by atoms with Crippen LogP contribution in [0.1, 0.15) is 44.2 Å². The predicted molar refractivity (Wildman–Crippen MR) is 80.3 cm³/mol. The highest BCUT2D eigenvalue weighted by atomic mass is 19.4. The summed E-state index contributed by atoms with van der Waals surface area (Å²) in [6.07, 6.45) is -5.03. The summed E-state index contributed by atoms with van der Waals surface area (Å²) in [6.45, 7) is 4.87. The molecule has 5 nitrogen and oxygen atoms in total. The zero-order chi connectivity index (χ0) is 18.7. The number of carboxylic acid groups (broad SMARTS) is 1. The Morgan fingerprint density at radius 2 is 1.67 bits per heavy atom. The van der Waals surface area contributed by atoms with Crippen LogP contribution in [-0.4, -0.2) is 28.7 Å². The second-order valence-corrected chi connectivity index (χ2v) is 6.39. The standard InChI is InChI=1S/C16H20F3NO4/c1-15(2,3)24-14(23)13(11(20)8-12(21)22)9-4-6-10(7-5-9)16(17,18)19/h4-7,11,13H,8,20H2,1-3H3,(H,21,22)/t11-,13?/m0/s1. The van der Waals surface area contributed by atoms with Crippen LogP contribution >= 0.6 is 0 Å². The number of hydrogen-bond acceptors (Lipinski definition) is 4. The third-order valence-corrected chi connectivity index (χ3v) is 3.10. The van der Waals surface area contributed by atoms with Gasteiger partial charge >= 0.3 is 18.1 Å². The van der Waals surface area contributed by atoms with Gasteiger partial charge in [0.2, 0.25) is 0 Å². The van der Waals surface area contributed by atoms with E-state index in [0.29, 0.717) is 0 Å². The van der Waals surface area contributed by atoms with E-state index in [4.69, 9.17) is 15.6 Å². The molecule has 0 aromatic heterocycles. The van der Waals surface area contributed by atoms with E-state index in [0.717, 1.165) is 24.3 Å². The number of carboxylic acids is 1. The van der Waals surface area contributed by atoms with Gasteiger partial charge in [0.15, 0.2) is 0 Å². The van der Waals surface area contributed by atoms with Crippen LogP contribution < -0.4 is 5.73 Å². The molecular formula is C16H20F3NO4. The van der Waals surface area contributed by atoms with E-state index < -0.39 is 47.7 Å². The van der Waals surface area contributed by atoms with E-state index in [1.54, 1.807) is 20.8 Å². The van der Waals surface area contributed by atoms with Gasteiger partial charge in [-0.1, -0.05) is 12.1 Å². The highest BCUT2D eigenvalue weighted by molar-refractivity contribution is 5.81. The lowest BCUT2D eigenvalue weighted by atomic mass is 9.89. The SMILES string of the molecule is CC(C)(C)OC(=O)C(c1ccc(C(F)(F)F)cc1)[C@@H](N)CC(=O)O. The maximum atomic E-state index is 12.6. The van der Waals surface area contributed by atoms with E-state index in [9.17, 15) is 22.8 Å². The van der Waals surface area contributed by atoms with Gasteiger partial charge in [0.1, 0.15) is 5.60 Å². The van der Waals surface area contributed by atoms with Crippen LogP contribution in [0.3, 0.4) is 0 Å². The molecule has 1 aromatic rings. The van der Waals surface area contributed by atoms with Crippen LogP contribution in [-0.2, 0) is 20.5 Å². The number of halogens is 3. The minimum Gasteiger partial charge on any atom is -0.481 e. The topological polar surface area (TPSA) is 89.6 Å². The molecule has 0 heterocycles. The third-order valence-electron chi connectivity index (χ3n) is 3.10. The molecule has 0 spiro atoms. The molecule has 0 aliphatic rings. The minimum atomic E-state index is -4.51. The smallest absolute Gasteiger partial charge is 0.416 e. The molecule has 3 N–H and O–H groups in total. The van der Waals surface area contributed by atoms with Gasteiger partial charge in [0, 0.05) is 6.04 Å². The average molecular weight is 347 g/mol. The Morgan fingerprint density at radius 1 is 1.17 bits per heavy atom. The highest BCUT2D eigenvalue weighted by Gasteiger charge is 2.34. The van der Waals surface area contributed by atoms with Gasteiger partial charge in [-0.15, -0.1) is 0 Å². The molecular weight excluding hydrogens is 327 g/mol. The Morgan fingerprint density at radius 3 is 2.04 bits per heavy atom. The lowest BCUT2D eigenvalue weighted by molar-refractivity contribution is -0.157. The van der Waals surface area contributed by atoms with Crippen LogP contribution in [0.25, 0.3) is 0 Å². The summed E-state index contributed by atoms with van der Waals surface area (Å²) < 4.78 is 43.1. The number of hydrogen-bond donors (Lipinski definition) is 2. The normalized spacial score (nSPS) is 14.8. The van der Waals surface area contributed by atoms with Crippen molar-refractivity contribution in [1.82, 2.24) is 0 Å². The molecule has 24 heavy (non-hydrogen) atoms. The molecule has 0 saturated carbocycles. The summed E-state index contributed by atoms with van der Waals surface area (Å²) in [4.78, 5) is 23.2. The van der Waals surface area contributed by atoms with E-state index in [1.165, 1.54) is 0 Å². The number of carbonyl (C=O) groups excluding carboxylic acids is 1. The first-order valence-corrected chi connectivity index (χ1v) is 7.18. The molecule has 0 saturated heterocycles. The van der Waals surface area contributed by atoms with Crippen LogP contribution in [0.2, 0.25) is 0 Å². The molecule has 134 valence electrons. The van der Waals surface area contributed by atoms with Crippen molar-refractivity contribution >= 4 is 11.9 Å². The number of ether oxygens (including phenoxy) is 1. The Labute approximate surface area is 137 Å². The fourth-order valence-electron chi connectivity index (χ4n) is 2.12. The minimum absolute atomic E-state index is 0.172. The highest BCUT2D eigenvalue weighted by Crippen LogP contribution is 2.31. The Hall–Kier alpha value is -2.09. The third kappa shape index (κ3) is 5.84. The maximum Gasteiger partial charge on any atom is 0.416 e. The van der Waals surface area contributed by atoms with Crippen molar-refractivity contribution < 1.29 is 32.6 Å². The molecule has 0 bridgehead atoms. The first kappa shape index (κ1) is 20.0. The summed E-state index contributed by atoms with van der Waals surface area (Å²) in [6, 6.07) is 2.73. The molecule has 1 unspecified atom stereocenters. The van der Waals surface area contributed by atoms with Gasteiger partial charge in [0.05, 0.1) is 17.9 Å². The fourth-order valence-corrected chi connectivity index (χ4v) is 2.12. The number of esters is 1. The van der Waals surface area contributed by atoms with Gasteiger partial charge in [-0.25, -0.2) is 0 Å². The fraction of sp³-hybridized carbons (Fsp3) is 0.500. The second kappa shape index (κ2) is 7.21. The van der Waals surface area contributed by atoms with Gasteiger partial charge in [0.25, 0.3) is 0 Å². The lowest BCUT2D eigenvalue weighted by Crippen LogP contribution is -2.39. The zero-order valence-electron chi connectivity index (χ0n) is 13.6. The first-order chi connectivity index (χ1) is 10.8. The molecule has 0 radical (unpaired) electrons. The molecule has 0 aliphatic heterocycles. The Bertz CT molecular complexity index is 591. The van der Waals surface area contributed by atoms with Crippen molar-refractivity contribution in [2.45, 2.75) is 50.9 Å². The lowest BCUT2D eigenvalue weighted by Gasteiger charge is -2.27. The van der Waals surface area contributed by atoms with Crippen molar-refractivity contribution in [2.24, 2.45) is 5.73 Å². The van der Waals surface area contributed by atoms with E-state index in [2.05, 4.69) is 0 Å². The van der Waals surface area contributed by atoms with Crippen molar-refractivity contribution in [3.63, 3.8) is 0 Å². The van der Waals surface area contributed by atoms with Gasteiger partial charge in [-0.05, 0) is 38.5 Å². The van der Waals surface area contributed by atoms with Crippen LogP contribution in [0.4, 0.5) is 13.2 Å². The molecule has 2 atom stereocenters. The number of rotatable bonds is 5. The summed E-state index contributed by atoms with van der Waals surface area (Å²) >= 11 is 0. The van der Waals surface area contributed by atoms with Crippen LogP contribution in [0.5, 0.6) is 0 Å².